The summed E-state index contributed by atoms with van der Waals surface area (Å²) in [5.74, 6) is -2.75. The standard InChI is InChI=1S/C13H18O6/c1-16-10(14)8-7-12(17-2)6-5-9(8)13(18-3,19-4)11(12)15/h7,9H,5-6H2,1-4H3/t9-,12-/m1/s1. The lowest BCUT2D eigenvalue weighted by atomic mass is 9.64. The first-order chi connectivity index (χ1) is 9.01. The van der Waals surface area contributed by atoms with Gasteiger partial charge < -0.3 is 18.9 Å². The zero-order valence-corrected chi connectivity index (χ0v) is 11.5. The molecule has 0 spiro atoms. The minimum absolute atomic E-state index is 0.309. The summed E-state index contributed by atoms with van der Waals surface area (Å²) >= 11 is 0. The maximum atomic E-state index is 12.6. The van der Waals surface area contributed by atoms with Crippen LogP contribution < -0.4 is 0 Å². The lowest BCUT2D eigenvalue weighted by Gasteiger charge is -2.51. The number of fused-ring (bicyclic) bond motifs is 2. The molecule has 0 N–H and O–H groups in total. The number of carbonyl (C=O) groups excluding carboxylic acids is 2. The second-order valence-electron chi connectivity index (χ2n) is 4.68. The van der Waals surface area contributed by atoms with Crippen molar-refractivity contribution in [3.05, 3.63) is 11.6 Å². The van der Waals surface area contributed by atoms with Crippen LogP contribution in [0.4, 0.5) is 0 Å². The number of rotatable bonds is 4. The molecule has 0 aromatic heterocycles. The molecule has 0 aromatic carbocycles. The van der Waals surface area contributed by atoms with Crippen LogP contribution in [0.5, 0.6) is 0 Å². The molecule has 3 aliphatic carbocycles. The normalized spacial score (nSPS) is 32.1. The highest BCUT2D eigenvalue weighted by Crippen LogP contribution is 2.50. The van der Waals surface area contributed by atoms with Gasteiger partial charge >= 0.3 is 5.97 Å². The molecule has 1 saturated carbocycles. The van der Waals surface area contributed by atoms with Crippen LogP contribution in [0, 0.1) is 5.92 Å². The molecule has 0 saturated heterocycles. The van der Waals surface area contributed by atoms with Gasteiger partial charge in [0.2, 0.25) is 11.6 Å². The fraction of sp³-hybridized carbons (Fsp3) is 0.692. The summed E-state index contributed by atoms with van der Waals surface area (Å²) in [6.07, 6.45) is 2.61. The second kappa shape index (κ2) is 4.70. The van der Waals surface area contributed by atoms with Crippen molar-refractivity contribution < 1.29 is 28.5 Å². The molecule has 6 nitrogen and oxygen atoms in total. The Morgan fingerprint density at radius 3 is 2.32 bits per heavy atom. The Balaban J connectivity index is 2.59. The summed E-state index contributed by atoms with van der Waals surface area (Å²) in [6.45, 7) is 0. The average Bonchev–Trinajstić information content (AvgIpc) is 2.48. The molecular formula is C13H18O6. The maximum absolute atomic E-state index is 12.6. The number of Topliss-reactive ketones (excluding diaryl/α,β-unsaturated/α-hetero) is 1. The lowest BCUT2D eigenvalue weighted by Crippen LogP contribution is -2.66. The van der Waals surface area contributed by atoms with Gasteiger partial charge in [-0.3, -0.25) is 4.79 Å². The van der Waals surface area contributed by atoms with Gasteiger partial charge in [-0.25, -0.2) is 4.79 Å². The van der Waals surface area contributed by atoms with Gasteiger partial charge in [0.1, 0.15) is 0 Å². The molecule has 0 amide bonds. The average molecular weight is 270 g/mol. The van der Waals surface area contributed by atoms with Gasteiger partial charge in [0, 0.05) is 26.9 Å². The minimum Gasteiger partial charge on any atom is -0.466 e. The van der Waals surface area contributed by atoms with Crippen molar-refractivity contribution >= 4 is 11.8 Å². The van der Waals surface area contributed by atoms with E-state index in [1.165, 1.54) is 28.4 Å². The molecule has 1 fully saturated rings. The van der Waals surface area contributed by atoms with Crippen LogP contribution in [0.1, 0.15) is 12.8 Å². The quantitative estimate of drug-likeness (QED) is 0.545. The van der Waals surface area contributed by atoms with E-state index in [2.05, 4.69) is 0 Å². The largest absolute Gasteiger partial charge is 0.466 e. The Bertz CT molecular complexity index is 436. The van der Waals surface area contributed by atoms with Crippen molar-refractivity contribution in [1.29, 1.82) is 0 Å². The van der Waals surface area contributed by atoms with Crippen molar-refractivity contribution in [2.45, 2.75) is 24.2 Å². The Morgan fingerprint density at radius 1 is 1.21 bits per heavy atom. The summed E-state index contributed by atoms with van der Waals surface area (Å²) in [5, 5.41) is 0. The van der Waals surface area contributed by atoms with Gasteiger partial charge in [0.25, 0.3) is 0 Å². The smallest absolute Gasteiger partial charge is 0.334 e. The third kappa shape index (κ3) is 1.67. The van der Waals surface area contributed by atoms with Gasteiger partial charge in [0.15, 0.2) is 5.60 Å². The first-order valence-electron chi connectivity index (χ1n) is 6.02. The number of hydrogen-bond acceptors (Lipinski definition) is 6. The van der Waals surface area contributed by atoms with Crippen molar-refractivity contribution in [3.63, 3.8) is 0 Å². The number of carbonyl (C=O) groups is 2. The predicted octanol–water partition coefficient (Wildman–Crippen LogP) is 0.453. The van der Waals surface area contributed by atoms with E-state index in [1.54, 1.807) is 6.08 Å². The monoisotopic (exact) mass is 270 g/mol. The van der Waals surface area contributed by atoms with E-state index in [1.807, 2.05) is 0 Å². The number of methoxy groups -OCH3 is 4. The first kappa shape index (κ1) is 14.2. The molecule has 0 aliphatic heterocycles. The Labute approximate surface area is 111 Å². The van der Waals surface area contributed by atoms with E-state index < -0.39 is 23.3 Å². The molecule has 0 radical (unpaired) electrons. The van der Waals surface area contributed by atoms with Gasteiger partial charge in [-0.05, 0) is 18.9 Å². The van der Waals surface area contributed by atoms with Gasteiger partial charge in [0.05, 0.1) is 13.0 Å². The van der Waals surface area contributed by atoms with Crippen LogP contribution in [0.25, 0.3) is 0 Å². The molecular weight excluding hydrogens is 252 g/mol. The SMILES string of the molecule is COC(=O)C1=C[C@]2(OC)CC[C@H]1C(OC)(OC)C2=O. The maximum Gasteiger partial charge on any atom is 0.334 e. The molecule has 2 atom stereocenters. The van der Waals surface area contributed by atoms with E-state index in [0.29, 0.717) is 18.4 Å². The van der Waals surface area contributed by atoms with E-state index in [4.69, 9.17) is 18.9 Å². The Hall–Kier alpha value is -1.24. The summed E-state index contributed by atoms with van der Waals surface area (Å²) in [6, 6.07) is 0. The Kier molecular flexibility index (Phi) is 3.51. The Morgan fingerprint density at radius 2 is 1.84 bits per heavy atom. The molecule has 0 unspecified atom stereocenters. The van der Waals surface area contributed by atoms with E-state index >= 15 is 0 Å². The molecule has 3 rings (SSSR count). The second-order valence-corrected chi connectivity index (χ2v) is 4.68. The zero-order chi connectivity index (χ0) is 14.3. The number of hydrogen-bond donors (Lipinski definition) is 0. The molecule has 6 heteroatoms. The van der Waals surface area contributed by atoms with Crippen LogP contribution in [0.3, 0.4) is 0 Å². The van der Waals surface area contributed by atoms with Crippen molar-refractivity contribution in [1.82, 2.24) is 0 Å². The van der Waals surface area contributed by atoms with Crippen LogP contribution in [-0.4, -0.2) is 51.6 Å². The lowest BCUT2D eigenvalue weighted by molar-refractivity contribution is -0.252. The van der Waals surface area contributed by atoms with Crippen molar-refractivity contribution in [2.75, 3.05) is 28.4 Å². The summed E-state index contributed by atoms with van der Waals surface area (Å²) in [4.78, 5) is 24.5. The van der Waals surface area contributed by atoms with Crippen LogP contribution in [0.15, 0.2) is 11.6 Å². The third-order valence-electron chi connectivity index (χ3n) is 4.12. The molecule has 19 heavy (non-hydrogen) atoms. The zero-order valence-electron chi connectivity index (χ0n) is 11.5. The van der Waals surface area contributed by atoms with E-state index in [9.17, 15) is 9.59 Å². The fourth-order valence-corrected chi connectivity index (χ4v) is 3.09. The molecule has 3 aliphatic rings. The highest BCUT2D eigenvalue weighted by atomic mass is 16.7. The highest BCUT2D eigenvalue weighted by Gasteiger charge is 2.64. The molecule has 0 aromatic rings. The molecule has 0 heterocycles. The number of ether oxygens (including phenoxy) is 4. The molecule has 2 bridgehead atoms. The number of ketones is 1. The van der Waals surface area contributed by atoms with Gasteiger partial charge in [-0.2, -0.15) is 0 Å². The minimum atomic E-state index is -1.48. The highest BCUT2D eigenvalue weighted by molar-refractivity contribution is 6.03. The summed E-state index contributed by atoms with van der Waals surface area (Å²) in [5.41, 5.74) is -0.802. The first-order valence-corrected chi connectivity index (χ1v) is 6.02. The van der Waals surface area contributed by atoms with Gasteiger partial charge in [-0.1, -0.05) is 0 Å². The van der Waals surface area contributed by atoms with Crippen molar-refractivity contribution in [2.24, 2.45) is 5.92 Å². The number of esters is 1. The summed E-state index contributed by atoms with van der Waals surface area (Å²) < 4.78 is 20.8. The summed E-state index contributed by atoms with van der Waals surface area (Å²) in [7, 11) is 5.51. The third-order valence-corrected chi connectivity index (χ3v) is 4.12. The van der Waals surface area contributed by atoms with E-state index in [0.717, 1.165) is 0 Å². The molecule has 106 valence electrons. The van der Waals surface area contributed by atoms with E-state index in [-0.39, 0.29) is 5.78 Å². The van der Waals surface area contributed by atoms with Crippen LogP contribution >= 0.6 is 0 Å². The fourth-order valence-electron chi connectivity index (χ4n) is 3.09. The van der Waals surface area contributed by atoms with Crippen molar-refractivity contribution in [3.8, 4) is 0 Å². The van der Waals surface area contributed by atoms with Gasteiger partial charge in [-0.15, -0.1) is 0 Å². The van der Waals surface area contributed by atoms with Crippen LogP contribution in [0.2, 0.25) is 0 Å². The van der Waals surface area contributed by atoms with Crippen LogP contribution in [-0.2, 0) is 28.5 Å². The topological polar surface area (TPSA) is 71.1 Å². The predicted molar refractivity (Wildman–Crippen MR) is 64.3 cm³/mol.